The summed E-state index contributed by atoms with van der Waals surface area (Å²) in [5, 5.41) is 17.5. The second kappa shape index (κ2) is 6.24. The predicted molar refractivity (Wildman–Crippen MR) is 88.4 cm³/mol. The lowest BCUT2D eigenvalue weighted by atomic mass is 9.89. The van der Waals surface area contributed by atoms with Gasteiger partial charge in [0, 0.05) is 44.0 Å². The SMILES string of the molecule is CC(C)(C)[C@@H](O)CN1CCN(C(=O)c2n[nH]c3c2CCC3)CC1. The number of aliphatic hydroxyl groups excluding tert-OH is 1. The normalized spacial score (nSPS) is 20.6. The third-order valence-corrected chi connectivity index (χ3v) is 5.10. The zero-order chi connectivity index (χ0) is 16.6. The van der Waals surface area contributed by atoms with Crippen LogP contribution in [0, 0.1) is 5.41 Å². The monoisotopic (exact) mass is 320 g/mol. The van der Waals surface area contributed by atoms with Crippen molar-refractivity contribution in [2.24, 2.45) is 5.41 Å². The summed E-state index contributed by atoms with van der Waals surface area (Å²) < 4.78 is 0. The van der Waals surface area contributed by atoms with Crippen molar-refractivity contribution in [1.29, 1.82) is 0 Å². The molecule has 1 aromatic rings. The van der Waals surface area contributed by atoms with Gasteiger partial charge < -0.3 is 10.0 Å². The number of hydrogen-bond acceptors (Lipinski definition) is 4. The zero-order valence-corrected chi connectivity index (χ0v) is 14.4. The molecule has 1 amide bonds. The molecular weight excluding hydrogens is 292 g/mol. The van der Waals surface area contributed by atoms with Crippen molar-refractivity contribution < 1.29 is 9.90 Å². The van der Waals surface area contributed by atoms with Crippen LogP contribution >= 0.6 is 0 Å². The van der Waals surface area contributed by atoms with E-state index in [9.17, 15) is 9.90 Å². The first-order valence-corrected chi connectivity index (χ1v) is 8.62. The maximum Gasteiger partial charge on any atom is 0.274 e. The molecule has 1 aliphatic heterocycles. The van der Waals surface area contributed by atoms with Gasteiger partial charge >= 0.3 is 0 Å². The van der Waals surface area contributed by atoms with Crippen LogP contribution in [-0.2, 0) is 12.8 Å². The highest BCUT2D eigenvalue weighted by Crippen LogP contribution is 2.24. The number of piperazine rings is 1. The molecule has 0 aromatic carbocycles. The Bertz CT molecular complexity index is 568. The van der Waals surface area contributed by atoms with E-state index in [1.165, 1.54) is 0 Å². The molecule has 3 rings (SSSR count). The average molecular weight is 320 g/mol. The summed E-state index contributed by atoms with van der Waals surface area (Å²) >= 11 is 0. The first-order chi connectivity index (χ1) is 10.9. The standard InChI is InChI=1S/C17H28N4O2/c1-17(2,3)14(22)11-20-7-9-21(10-8-20)16(23)15-12-5-4-6-13(12)18-19-15/h14,22H,4-11H2,1-3H3,(H,18,19)/t14-/m0/s1. The van der Waals surface area contributed by atoms with Crippen molar-refractivity contribution in [2.45, 2.75) is 46.1 Å². The molecule has 23 heavy (non-hydrogen) atoms. The summed E-state index contributed by atoms with van der Waals surface area (Å²) in [6.07, 6.45) is 2.74. The highest BCUT2D eigenvalue weighted by atomic mass is 16.3. The molecule has 0 saturated carbocycles. The van der Waals surface area contributed by atoms with Crippen LogP contribution in [0.5, 0.6) is 0 Å². The Hall–Kier alpha value is -1.40. The molecule has 0 radical (unpaired) electrons. The molecule has 2 aliphatic rings. The summed E-state index contributed by atoms with van der Waals surface area (Å²) in [5.41, 5.74) is 2.78. The van der Waals surface area contributed by atoms with Crippen LogP contribution in [0.25, 0.3) is 0 Å². The van der Waals surface area contributed by atoms with Gasteiger partial charge in [0.2, 0.25) is 0 Å². The molecular formula is C17H28N4O2. The number of aliphatic hydroxyl groups is 1. The Morgan fingerprint density at radius 2 is 1.96 bits per heavy atom. The number of nitrogens with one attached hydrogen (secondary N) is 1. The third kappa shape index (κ3) is 3.43. The molecule has 0 bridgehead atoms. The molecule has 128 valence electrons. The fourth-order valence-electron chi connectivity index (χ4n) is 3.30. The summed E-state index contributed by atoms with van der Waals surface area (Å²) in [5.74, 6) is 0.0559. The highest BCUT2D eigenvalue weighted by molar-refractivity contribution is 5.94. The molecule has 2 heterocycles. The molecule has 1 aliphatic carbocycles. The van der Waals surface area contributed by atoms with Crippen molar-refractivity contribution in [3.63, 3.8) is 0 Å². The van der Waals surface area contributed by atoms with Gasteiger partial charge in [-0.1, -0.05) is 20.8 Å². The Morgan fingerprint density at radius 1 is 1.26 bits per heavy atom. The summed E-state index contributed by atoms with van der Waals surface area (Å²) in [6.45, 7) is 9.86. The van der Waals surface area contributed by atoms with Gasteiger partial charge in [-0.05, 0) is 24.7 Å². The number of H-pyrrole nitrogens is 1. The van der Waals surface area contributed by atoms with E-state index < -0.39 is 0 Å². The van der Waals surface area contributed by atoms with Crippen LogP contribution in [-0.4, -0.2) is 69.8 Å². The van der Waals surface area contributed by atoms with E-state index in [0.29, 0.717) is 25.3 Å². The number of aromatic nitrogens is 2. The second-order valence-corrected chi connectivity index (χ2v) is 7.86. The number of fused-ring (bicyclic) bond motifs is 1. The number of hydrogen-bond donors (Lipinski definition) is 2. The molecule has 1 atom stereocenters. The Labute approximate surface area is 137 Å². The van der Waals surface area contributed by atoms with Crippen molar-refractivity contribution >= 4 is 5.91 Å². The van der Waals surface area contributed by atoms with E-state index in [1.54, 1.807) is 0 Å². The molecule has 1 aromatic heterocycles. The summed E-state index contributed by atoms with van der Waals surface area (Å²) in [6, 6.07) is 0. The van der Waals surface area contributed by atoms with Crippen molar-refractivity contribution in [2.75, 3.05) is 32.7 Å². The van der Waals surface area contributed by atoms with E-state index in [1.807, 2.05) is 4.90 Å². The van der Waals surface area contributed by atoms with Gasteiger partial charge in [-0.25, -0.2) is 0 Å². The van der Waals surface area contributed by atoms with Crippen molar-refractivity contribution in [3.8, 4) is 0 Å². The van der Waals surface area contributed by atoms with Gasteiger partial charge in [-0.15, -0.1) is 0 Å². The van der Waals surface area contributed by atoms with E-state index in [0.717, 1.165) is 43.6 Å². The van der Waals surface area contributed by atoms with Gasteiger partial charge in [0.25, 0.3) is 5.91 Å². The quantitative estimate of drug-likeness (QED) is 0.874. The number of rotatable bonds is 3. The minimum absolute atomic E-state index is 0.0559. The summed E-state index contributed by atoms with van der Waals surface area (Å²) in [7, 11) is 0. The van der Waals surface area contributed by atoms with Crippen LogP contribution in [0.1, 0.15) is 48.9 Å². The number of aryl methyl sites for hydroxylation is 1. The lowest BCUT2D eigenvalue weighted by molar-refractivity contribution is 0.0135. The molecule has 1 fully saturated rings. The Morgan fingerprint density at radius 3 is 2.61 bits per heavy atom. The fraction of sp³-hybridized carbons (Fsp3) is 0.765. The molecule has 6 heteroatoms. The fourth-order valence-corrected chi connectivity index (χ4v) is 3.30. The number of amides is 1. The molecule has 1 saturated heterocycles. The largest absolute Gasteiger partial charge is 0.391 e. The first-order valence-electron chi connectivity index (χ1n) is 8.62. The van der Waals surface area contributed by atoms with Crippen molar-refractivity contribution in [1.82, 2.24) is 20.0 Å². The number of carbonyl (C=O) groups is 1. The van der Waals surface area contributed by atoms with Crippen LogP contribution < -0.4 is 0 Å². The van der Waals surface area contributed by atoms with Gasteiger partial charge in [0.05, 0.1) is 6.10 Å². The van der Waals surface area contributed by atoms with Crippen LogP contribution in [0.2, 0.25) is 0 Å². The topological polar surface area (TPSA) is 72.5 Å². The summed E-state index contributed by atoms with van der Waals surface area (Å²) in [4.78, 5) is 16.8. The maximum atomic E-state index is 12.7. The number of aromatic amines is 1. The first kappa shape index (κ1) is 16.5. The zero-order valence-electron chi connectivity index (χ0n) is 14.4. The molecule has 0 unspecified atom stereocenters. The minimum atomic E-state index is -0.348. The number of carbonyl (C=O) groups excluding carboxylic acids is 1. The Kier molecular flexibility index (Phi) is 4.47. The van der Waals surface area contributed by atoms with Crippen molar-refractivity contribution in [3.05, 3.63) is 17.0 Å². The van der Waals surface area contributed by atoms with E-state index >= 15 is 0 Å². The number of nitrogens with zero attached hydrogens (tertiary/aromatic N) is 3. The van der Waals surface area contributed by atoms with Gasteiger partial charge in [0.1, 0.15) is 0 Å². The van der Waals surface area contributed by atoms with Crippen LogP contribution in [0.4, 0.5) is 0 Å². The van der Waals surface area contributed by atoms with Gasteiger partial charge in [-0.3, -0.25) is 14.8 Å². The average Bonchev–Trinajstić information content (AvgIpc) is 3.09. The van der Waals surface area contributed by atoms with Crippen LogP contribution in [0.3, 0.4) is 0 Å². The number of β-amino-alcohol motifs (C(OH)–C–C–N with tert-alkyl or cyclic N) is 1. The van der Waals surface area contributed by atoms with Gasteiger partial charge in [0.15, 0.2) is 5.69 Å². The van der Waals surface area contributed by atoms with Crippen LogP contribution in [0.15, 0.2) is 0 Å². The molecule has 2 N–H and O–H groups in total. The lowest BCUT2D eigenvalue weighted by Crippen LogP contribution is -2.51. The van der Waals surface area contributed by atoms with Gasteiger partial charge in [-0.2, -0.15) is 5.10 Å². The lowest BCUT2D eigenvalue weighted by Gasteiger charge is -2.37. The Balaban J connectivity index is 1.55. The highest BCUT2D eigenvalue weighted by Gasteiger charge is 2.30. The van der Waals surface area contributed by atoms with E-state index in [4.69, 9.17) is 0 Å². The second-order valence-electron chi connectivity index (χ2n) is 7.86. The third-order valence-electron chi connectivity index (χ3n) is 5.10. The minimum Gasteiger partial charge on any atom is -0.391 e. The molecule has 6 nitrogen and oxygen atoms in total. The van der Waals surface area contributed by atoms with E-state index in [-0.39, 0.29) is 17.4 Å². The molecule has 0 spiro atoms. The smallest absolute Gasteiger partial charge is 0.274 e. The van der Waals surface area contributed by atoms with E-state index in [2.05, 4.69) is 35.9 Å². The predicted octanol–water partition coefficient (Wildman–Crippen LogP) is 1.06. The maximum absolute atomic E-state index is 12.7.